The van der Waals surface area contributed by atoms with Gasteiger partial charge in [0.25, 0.3) is 0 Å². The second-order valence-electron chi connectivity index (χ2n) is 7.19. The summed E-state index contributed by atoms with van der Waals surface area (Å²) < 4.78 is 12.4. The van der Waals surface area contributed by atoms with E-state index in [0.29, 0.717) is 24.2 Å². The number of nitrogen functional groups attached to an aromatic ring is 2. The van der Waals surface area contributed by atoms with Gasteiger partial charge in [0.15, 0.2) is 11.5 Å². The van der Waals surface area contributed by atoms with E-state index in [0.717, 1.165) is 12.8 Å². The zero-order valence-electron chi connectivity index (χ0n) is 17.4. The van der Waals surface area contributed by atoms with E-state index in [1.54, 1.807) is 10.9 Å². The Hall–Kier alpha value is -2.42. The molecule has 0 atom stereocenters. The molecule has 9 nitrogen and oxygen atoms in total. The molecule has 29 heavy (non-hydrogen) atoms. The number of carbonyl (C=O) groups excluding carboxylic acids is 1. The molecule has 0 fully saturated rings. The van der Waals surface area contributed by atoms with Crippen molar-refractivity contribution in [1.82, 2.24) is 19.5 Å². The lowest BCUT2D eigenvalue weighted by Crippen LogP contribution is -2.12. The molecule has 0 spiro atoms. The van der Waals surface area contributed by atoms with E-state index in [-0.39, 0.29) is 31.1 Å². The minimum absolute atomic E-state index is 0.0853. The van der Waals surface area contributed by atoms with Crippen LogP contribution < -0.4 is 11.5 Å². The lowest BCUT2D eigenvalue weighted by Gasteiger charge is -2.07. The number of nitrogens with zero attached hydrogens (tertiary/aromatic N) is 4. The number of hydrogen-bond donors (Lipinski definition) is 2. The first-order valence-electron chi connectivity index (χ1n) is 10.6. The summed E-state index contributed by atoms with van der Waals surface area (Å²) in [5, 5.41) is 0. The van der Waals surface area contributed by atoms with Crippen molar-refractivity contribution in [3.8, 4) is 0 Å². The Morgan fingerprint density at radius 2 is 1.69 bits per heavy atom. The first-order valence-corrected chi connectivity index (χ1v) is 10.6. The van der Waals surface area contributed by atoms with Gasteiger partial charge in [-0.05, 0) is 6.42 Å². The first kappa shape index (κ1) is 22.9. The molecule has 0 aliphatic heterocycles. The van der Waals surface area contributed by atoms with Crippen molar-refractivity contribution >= 4 is 28.9 Å². The van der Waals surface area contributed by atoms with E-state index < -0.39 is 0 Å². The first-order chi connectivity index (χ1) is 14.1. The topological polar surface area (TPSA) is 131 Å². The van der Waals surface area contributed by atoms with Crippen LogP contribution in [0.4, 0.5) is 11.8 Å². The predicted octanol–water partition coefficient (Wildman–Crippen LogP) is 3.43. The normalized spacial score (nSPS) is 11.2. The van der Waals surface area contributed by atoms with Crippen molar-refractivity contribution < 1.29 is 14.3 Å². The van der Waals surface area contributed by atoms with Crippen molar-refractivity contribution in [1.29, 1.82) is 0 Å². The third-order valence-corrected chi connectivity index (χ3v) is 4.71. The van der Waals surface area contributed by atoms with Gasteiger partial charge in [0.1, 0.15) is 18.9 Å². The van der Waals surface area contributed by atoms with Gasteiger partial charge in [-0.3, -0.25) is 9.36 Å². The Morgan fingerprint density at radius 1 is 1.00 bits per heavy atom. The molecule has 2 aromatic rings. The molecule has 0 amide bonds. The van der Waals surface area contributed by atoms with E-state index >= 15 is 0 Å². The fourth-order valence-corrected chi connectivity index (χ4v) is 3.11. The Morgan fingerprint density at radius 3 is 2.41 bits per heavy atom. The van der Waals surface area contributed by atoms with Gasteiger partial charge in [0.2, 0.25) is 5.95 Å². The van der Waals surface area contributed by atoms with Gasteiger partial charge in [0, 0.05) is 6.42 Å². The Kier molecular flexibility index (Phi) is 10.2. The molecule has 4 N–H and O–H groups in total. The number of fused-ring (bicyclic) bond motifs is 1. The maximum atomic E-state index is 11.8. The summed E-state index contributed by atoms with van der Waals surface area (Å²) in [7, 11) is 0. The highest BCUT2D eigenvalue weighted by Gasteiger charge is 2.10. The van der Waals surface area contributed by atoms with Gasteiger partial charge >= 0.3 is 5.97 Å². The molecule has 0 aliphatic rings. The lowest BCUT2D eigenvalue weighted by molar-refractivity contribution is -0.145. The second kappa shape index (κ2) is 12.9. The third kappa shape index (κ3) is 8.23. The molecule has 2 aromatic heterocycles. The fraction of sp³-hybridized carbons (Fsp3) is 0.700. The largest absolute Gasteiger partial charge is 0.463 e. The number of imidazole rings is 1. The number of hydrogen-bond acceptors (Lipinski definition) is 8. The van der Waals surface area contributed by atoms with Crippen molar-refractivity contribution in [3.63, 3.8) is 0 Å². The van der Waals surface area contributed by atoms with Crippen LogP contribution >= 0.6 is 0 Å². The summed E-state index contributed by atoms with van der Waals surface area (Å²) in [6.45, 7) is 2.96. The fourth-order valence-electron chi connectivity index (χ4n) is 3.11. The van der Waals surface area contributed by atoms with Gasteiger partial charge in [-0.15, -0.1) is 0 Å². The van der Waals surface area contributed by atoms with Crippen molar-refractivity contribution in [2.75, 3.05) is 24.7 Å². The summed E-state index contributed by atoms with van der Waals surface area (Å²) in [5.41, 5.74) is 12.4. The van der Waals surface area contributed by atoms with Crippen molar-refractivity contribution in [3.05, 3.63) is 6.33 Å². The molecule has 0 aliphatic carbocycles. The van der Waals surface area contributed by atoms with E-state index in [1.807, 2.05) is 0 Å². The van der Waals surface area contributed by atoms with E-state index in [4.69, 9.17) is 20.9 Å². The number of rotatable bonds is 15. The average molecular weight is 407 g/mol. The van der Waals surface area contributed by atoms with Crippen LogP contribution in [0.25, 0.3) is 11.2 Å². The predicted molar refractivity (Wildman–Crippen MR) is 113 cm³/mol. The van der Waals surface area contributed by atoms with Gasteiger partial charge in [-0.2, -0.15) is 9.97 Å². The maximum absolute atomic E-state index is 11.8. The third-order valence-electron chi connectivity index (χ3n) is 4.71. The van der Waals surface area contributed by atoms with Crippen LogP contribution in [0.2, 0.25) is 0 Å². The number of carbonyl (C=O) groups is 1. The van der Waals surface area contributed by atoms with Gasteiger partial charge in [-0.25, -0.2) is 4.98 Å². The number of anilines is 2. The lowest BCUT2D eigenvalue weighted by atomic mass is 10.1. The molecule has 2 heterocycles. The smallest absolute Gasteiger partial charge is 0.305 e. The molecule has 9 heteroatoms. The van der Waals surface area contributed by atoms with E-state index in [2.05, 4.69) is 21.9 Å². The van der Waals surface area contributed by atoms with Crippen LogP contribution in [0.5, 0.6) is 0 Å². The molecule has 0 saturated heterocycles. The summed E-state index contributed by atoms with van der Waals surface area (Å²) in [6.07, 6.45) is 13.1. The van der Waals surface area contributed by atoms with Crippen LogP contribution in [-0.4, -0.2) is 38.7 Å². The molecule has 0 unspecified atom stereocenters. The minimum atomic E-state index is -0.169. The van der Waals surface area contributed by atoms with Crippen LogP contribution in [-0.2, 0) is 21.0 Å². The average Bonchev–Trinajstić information content (AvgIpc) is 3.09. The molecular formula is C20H34N6O3. The van der Waals surface area contributed by atoms with Crippen molar-refractivity contribution in [2.24, 2.45) is 0 Å². The molecule has 2 rings (SSSR count). The number of aromatic nitrogens is 4. The van der Waals surface area contributed by atoms with Crippen LogP contribution in [0.15, 0.2) is 6.33 Å². The Labute approximate surface area is 172 Å². The van der Waals surface area contributed by atoms with Crippen LogP contribution in [0.3, 0.4) is 0 Å². The molecule has 0 bridgehead atoms. The second-order valence-corrected chi connectivity index (χ2v) is 7.19. The monoisotopic (exact) mass is 406 g/mol. The van der Waals surface area contributed by atoms with Gasteiger partial charge < -0.3 is 20.9 Å². The van der Waals surface area contributed by atoms with E-state index in [9.17, 15) is 4.79 Å². The number of unbranched alkanes of at least 4 members (excludes halogenated alkanes) is 8. The quantitative estimate of drug-likeness (QED) is 0.340. The highest BCUT2D eigenvalue weighted by Crippen LogP contribution is 2.16. The Balaban J connectivity index is 1.50. The van der Waals surface area contributed by atoms with Crippen LogP contribution in [0, 0.1) is 0 Å². The summed E-state index contributed by atoms with van der Waals surface area (Å²) >= 11 is 0. The molecule has 0 radical (unpaired) electrons. The van der Waals surface area contributed by atoms with E-state index in [1.165, 1.54) is 44.9 Å². The molecule has 0 aromatic carbocycles. The zero-order chi connectivity index (χ0) is 20.9. The molecule has 0 saturated carbocycles. The Bertz CT molecular complexity index is 749. The highest BCUT2D eigenvalue weighted by molar-refractivity contribution is 5.82. The standard InChI is InChI=1S/C20H34N6O3/c1-2-3-4-5-6-7-8-9-10-11-16(27)29-13-12-28-15-26-14-23-17-18(21)24-20(22)25-19(17)26/h14H,2-13,15H2,1H3,(H4,21,22,24,25). The summed E-state index contributed by atoms with van der Waals surface area (Å²) in [6, 6.07) is 0. The van der Waals surface area contributed by atoms with Gasteiger partial charge in [0.05, 0.1) is 12.9 Å². The summed E-state index contributed by atoms with van der Waals surface area (Å²) in [4.78, 5) is 23.9. The summed E-state index contributed by atoms with van der Waals surface area (Å²) in [5.74, 6) is 0.150. The number of nitrogens with two attached hydrogens (primary N) is 2. The van der Waals surface area contributed by atoms with Crippen LogP contribution in [0.1, 0.15) is 71.1 Å². The maximum Gasteiger partial charge on any atom is 0.305 e. The highest BCUT2D eigenvalue weighted by atomic mass is 16.6. The minimum Gasteiger partial charge on any atom is -0.463 e. The number of ether oxygens (including phenoxy) is 2. The molecular weight excluding hydrogens is 372 g/mol. The van der Waals surface area contributed by atoms with Crippen molar-refractivity contribution in [2.45, 2.75) is 77.9 Å². The SMILES string of the molecule is CCCCCCCCCCCC(=O)OCCOCn1cnc2c(N)nc(N)nc21. The van der Waals surface area contributed by atoms with Gasteiger partial charge in [-0.1, -0.05) is 58.3 Å². The zero-order valence-corrected chi connectivity index (χ0v) is 17.4. The molecule has 162 valence electrons. The number of esters is 1.